The zero-order valence-electron chi connectivity index (χ0n) is 14.3. The van der Waals surface area contributed by atoms with E-state index in [0.29, 0.717) is 11.3 Å². The second-order valence-corrected chi connectivity index (χ2v) is 6.40. The SMILES string of the molecule is CSCc1ccc(C(=O)NCC(=O)Nc2c(C)nn(C)c2C)cc1. The summed E-state index contributed by atoms with van der Waals surface area (Å²) in [4.78, 5) is 24.1. The molecular weight excluding hydrogens is 324 g/mol. The van der Waals surface area contributed by atoms with E-state index >= 15 is 0 Å². The number of aromatic nitrogens is 2. The van der Waals surface area contributed by atoms with Crippen molar-refractivity contribution >= 4 is 29.3 Å². The van der Waals surface area contributed by atoms with Crippen molar-refractivity contribution in [2.75, 3.05) is 18.1 Å². The molecule has 2 N–H and O–H groups in total. The third kappa shape index (κ3) is 4.38. The van der Waals surface area contributed by atoms with E-state index in [0.717, 1.165) is 17.1 Å². The molecule has 0 radical (unpaired) electrons. The van der Waals surface area contributed by atoms with Crippen LogP contribution in [-0.2, 0) is 17.6 Å². The van der Waals surface area contributed by atoms with Gasteiger partial charge in [-0.2, -0.15) is 16.9 Å². The lowest BCUT2D eigenvalue weighted by atomic mass is 10.1. The molecule has 1 aromatic heterocycles. The molecule has 0 aliphatic rings. The van der Waals surface area contributed by atoms with Gasteiger partial charge in [-0.15, -0.1) is 0 Å². The van der Waals surface area contributed by atoms with E-state index in [1.54, 1.807) is 28.6 Å². The molecule has 0 aliphatic heterocycles. The molecule has 1 heterocycles. The monoisotopic (exact) mass is 346 g/mol. The maximum Gasteiger partial charge on any atom is 0.251 e. The van der Waals surface area contributed by atoms with E-state index < -0.39 is 0 Å². The molecule has 6 nitrogen and oxygen atoms in total. The molecule has 24 heavy (non-hydrogen) atoms. The largest absolute Gasteiger partial charge is 0.343 e. The molecule has 0 aliphatic carbocycles. The van der Waals surface area contributed by atoms with Crippen LogP contribution in [0.15, 0.2) is 24.3 Å². The Hall–Kier alpha value is -2.28. The Labute approximate surface area is 146 Å². The molecule has 7 heteroatoms. The van der Waals surface area contributed by atoms with Crippen LogP contribution in [0, 0.1) is 13.8 Å². The Morgan fingerprint density at radius 2 is 1.88 bits per heavy atom. The van der Waals surface area contributed by atoms with Gasteiger partial charge in [0.25, 0.3) is 5.91 Å². The molecule has 0 fully saturated rings. The van der Waals surface area contributed by atoms with Crippen LogP contribution in [0.5, 0.6) is 0 Å². The molecule has 0 unspecified atom stereocenters. The van der Waals surface area contributed by atoms with Crippen LogP contribution in [-0.4, -0.2) is 34.4 Å². The fourth-order valence-electron chi connectivity index (χ4n) is 2.32. The molecular formula is C17H22N4O2S. The summed E-state index contributed by atoms with van der Waals surface area (Å²) < 4.78 is 1.71. The number of carbonyl (C=O) groups is 2. The van der Waals surface area contributed by atoms with E-state index in [-0.39, 0.29) is 18.4 Å². The van der Waals surface area contributed by atoms with Crippen LogP contribution < -0.4 is 10.6 Å². The van der Waals surface area contributed by atoms with Gasteiger partial charge in [-0.1, -0.05) is 12.1 Å². The van der Waals surface area contributed by atoms with Gasteiger partial charge in [0.1, 0.15) is 0 Å². The highest BCUT2D eigenvalue weighted by atomic mass is 32.2. The van der Waals surface area contributed by atoms with Gasteiger partial charge in [-0.05, 0) is 37.8 Å². The molecule has 2 aromatic rings. The third-order valence-electron chi connectivity index (χ3n) is 3.71. The summed E-state index contributed by atoms with van der Waals surface area (Å²) in [5, 5.41) is 9.67. The second-order valence-electron chi connectivity index (χ2n) is 5.53. The van der Waals surface area contributed by atoms with Crippen molar-refractivity contribution in [3.8, 4) is 0 Å². The number of aryl methyl sites for hydroxylation is 2. The van der Waals surface area contributed by atoms with Gasteiger partial charge in [-0.25, -0.2) is 0 Å². The number of benzene rings is 1. The first kappa shape index (κ1) is 18.1. The average molecular weight is 346 g/mol. The first-order valence-corrected chi connectivity index (χ1v) is 8.98. The van der Waals surface area contributed by atoms with Crippen molar-refractivity contribution in [1.29, 1.82) is 0 Å². The number of nitrogens with zero attached hydrogens (tertiary/aromatic N) is 2. The van der Waals surface area contributed by atoms with Crippen molar-refractivity contribution in [2.24, 2.45) is 7.05 Å². The first-order chi connectivity index (χ1) is 11.4. The predicted molar refractivity (Wildman–Crippen MR) is 97.3 cm³/mol. The predicted octanol–water partition coefficient (Wildman–Crippen LogP) is 2.27. The zero-order chi connectivity index (χ0) is 17.7. The summed E-state index contributed by atoms with van der Waals surface area (Å²) >= 11 is 1.73. The number of nitrogens with one attached hydrogen (secondary N) is 2. The van der Waals surface area contributed by atoms with E-state index in [4.69, 9.17) is 0 Å². The Morgan fingerprint density at radius 3 is 2.42 bits per heavy atom. The van der Waals surface area contributed by atoms with Gasteiger partial charge in [0, 0.05) is 18.4 Å². The number of rotatable bonds is 6. The number of amides is 2. The van der Waals surface area contributed by atoms with Crippen LogP contribution >= 0.6 is 11.8 Å². The normalized spacial score (nSPS) is 10.5. The highest BCUT2D eigenvalue weighted by Gasteiger charge is 2.13. The third-order valence-corrected chi connectivity index (χ3v) is 4.33. The second kappa shape index (κ2) is 8.01. The number of hydrogen-bond acceptors (Lipinski definition) is 4. The van der Waals surface area contributed by atoms with Gasteiger partial charge in [0.2, 0.25) is 5.91 Å². The Morgan fingerprint density at radius 1 is 1.21 bits per heavy atom. The summed E-state index contributed by atoms with van der Waals surface area (Å²) in [6.45, 7) is 3.63. The smallest absolute Gasteiger partial charge is 0.251 e. The van der Waals surface area contributed by atoms with E-state index in [2.05, 4.69) is 15.7 Å². The molecule has 0 atom stereocenters. The Bertz CT molecular complexity index is 738. The summed E-state index contributed by atoms with van der Waals surface area (Å²) in [5.74, 6) is 0.371. The zero-order valence-corrected chi connectivity index (χ0v) is 15.2. The molecule has 2 amide bonds. The molecule has 2 rings (SSSR count). The average Bonchev–Trinajstić information content (AvgIpc) is 2.80. The Balaban J connectivity index is 1.90. The number of anilines is 1. The van der Waals surface area contributed by atoms with Crippen LogP contribution in [0.2, 0.25) is 0 Å². The minimum absolute atomic E-state index is 0.0842. The van der Waals surface area contributed by atoms with E-state index in [1.807, 2.05) is 39.3 Å². The van der Waals surface area contributed by atoms with Crippen LogP contribution in [0.4, 0.5) is 5.69 Å². The molecule has 128 valence electrons. The molecule has 0 spiro atoms. The van der Waals surface area contributed by atoms with Crippen LogP contribution in [0.3, 0.4) is 0 Å². The van der Waals surface area contributed by atoms with Crippen LogP contribution in [0.25, 0.3) is 0 Å². The Kier molecular flexibility index (Phi) is 6.03. The maximum atomic E-state index is 12.1. The van der Waals surface area contributed by atoms with Gasteiger partial charge < -0.3 is 10.6 Å². The minimum atomic E-state index is -0.276. The van der Waals surface area contributed by atoms with Crippen molar-refractivity contribution in [1.82, 2.24) is 15.1 Å². The number of hydrogen-bond donors (Lipinski definition) is 2. The summed E-state index contributed by atoms with van der Waals surface area (Å²) in [7, 11) is 1.82. The highest BCUT2D eigenvalue weighted by molar-refractivity contribution is 7.97. The minimum Gasteiger partial charge on any atom is -0.343 e. The maximum absolute atomic E-state index is 12.1. The summed E-state index contributed by atoms with van der Waals surface area (Å²) in [6.07, 6.45) is 2.03. The lowest BCUT2D eigenvalue weighted by molar-refractivity contribution is -0.115. The first-order valence-electron chi connectivity index (χ1n) is 7.58. The molecule has 0 saturated heterocycles. The fraction of sp³-hybridized carbons (Fsp3) is 0.353. The fourth-order valence-corrected chi connectivity index (χ4v) is 2.85. The lowest BCUT2D eigenvalue weighted by Crippen LogP contribution is -2.33. The molecule has 1 aromatic carbocycles. The summed E-state index contributed by atoms with van der Waals surface area (Å²) in [5.41, 5.74) is 4.02. The van der Waals surface area contributed by atoms with E-state index in [1.165, 1.54) is 5.56 Å². The van der Waals surface area contributed by atoms with Gasteiger partial charge >= 0.3 is 0 Å². The number of thioether (sulfide) groups is 1. The molecule has 0 saturated carbocycles. The van der Waals surface area contributed by atoms with Crippen molar-refractivity contribution in [2.45, 2.75) is 19.6 Å². The van der Waals surface area contributed by atoms with Gasteiger partial charge in [0.05, 0.1) is 23.6 Å². The van der Waals surface area contributed by atoms with Crippen molar-refractivity contribution in [3.63, 3.8) is 0 Å². The summed E-state index contributed by atoms with van der Waals surface area (Å²) in [6, 6.07) is 7.39. The standard InChI is InChI=1S/C17H22N4O2S/c1-11-16(12(2)21(3)20-11)19-15(22)9-18-17(23)14-7-5-13(6-8-14)10-24-4/h5-8H,9-10H2,1-4H3,(H,18,23)(H,19,22). The lowest BCUT2D eigenvalue weighted by Gasteiger charge is -2.08. The van der Waals surface area contributed by atoms with Crippen LogP contribution in [0.1, 0.15) is 27.3 Å². The van der Waals surface area contributed by atoms with Gasteiger partial charge in [0.15, 0.2) is 0 Å². The van der Waals surface area contributed by atoms with E-state index in [9.17, 15) is 9.59 Å². The quantitative estimate of drug-likeness (QED) is 0.841. The van der Waals surface area contributed by atoms with Crippen molar-refractivity contribution in [3.05, 3.63) is 46.8 Å². The van der Waals surface area contributed by atoms with Crippen molar-refractivity contribution < 1.29 is 9.59 Å². The topological polar surface area (TPSA) is 76.0 Å². The highest BCUT2D eigenvalue weighted by Crippen LogP contribution is 2.17. The number of carbonyl (C=O) groups excluding carboxylic acids is 2. The van der Waals surface area contributed by atoms with Gasteiger partial charge in [-0.3, -0.25) is 14.3 Å². The molecule has 0 bridgehead atoms.